The number of fused-ring (bicyclic) bond motifs is 3. The third kappa shape index (κ3) is 5.75. The fourth-order valence-electron chi connectivity index (χ4n) is 4.45. The number of nitrogens with zero attached hydrogens (tertiary/aromatic N) is 2. The maximum Gasteiger partial charge on any atom is 0.138 e. The highest BCUT2D eigenvalue weighted by Crippen LogP contribution is 2.30. The van der Waals surface area contributed by atoms with Crippen molar-refractivity contribution in [2.75, 3.05) is 26.2 Å². The predicted molar refractivity (Wildman–Crippen MR) is 140 cm³/mol. The molecule has 0 amide bonds. The normalized spacial score (nSPS) is 11.6. The number of hydrogen-bond acceptors (Lipinski definition) is 3. The summed E-state index contributed by atoms with van der Waals surface area (Å²) >= 11 is 0. The first-order valence-electron chi connectivity index (χ1n) is 12.6. The summed E-state index contributed by atoms with van der Waals surface area (Å²) in [6.07, 6.45) is 5.80. The Kier molecular flexibility index (Phi) is 8.01. The Morgan fingerprint density at radius 3 is 2.36 bits per heavy atom. The Hall–Kier alpha value is -2.85. The van der Waals surface area contributed by atoms with Gasteiger partial charge in [-0.05, 0) is 79.9 Å². The van der Waals surface area contributed by atoms with Crippen molar-refractivity contribution in [1.82, 2.24) is 14.9 Å². The van der Waals surface area contributed by atoms with E-state index < -0.39 is 0 Å². The number of nitrogens with one attached hydrogen (secondary N) is 1. The van der Waals surface area contributed by atoms with Crippen molar-refractivity contribution >= 4 is 21.9 Å². The minimum atomic E-state index is 0.755. The topological polar surface area (TPSA) is 41.1 Å². The molecule has 2 heterocycles. The van der Waals surface area contributed by atoms with Crippen molar-refractivity contribution < 1.29 is 4.74 Å². The minimum absolute atomic E-state index is 0.755. The van der Waals surface area contributed by atoms with Crippen LogP contribution in [0.2, 0.25) is 0 Å². The number of rotatable bonds is 12. The molecular formula is C29H37N3O. The average Bonchev–Trinajstić information content (AvgIpc) is 3.22. The van der Waals surface area contributed by atoms with Crippen molar-refractivity contribution in [2.24, 2.45) is 0 Å². The molecule has 0 spiro atoms. The van der Waals surface area contributed by atoms with Crippen LogP contribution in [0.5, 0.6) is 5.75 Å². The van der Waals surface area contributed by atoms with Crippen LogP contribution in [0.15, 0.2) is 54.6 Å². The second kappa shape index (κ2) is 11.3. The van der Waals surface area contributed by atoms with Gasteiger partial charge in [0, 0.05) is 28.5 Å². The minimum Gasteiger partial charge on any atom is -0.494 e. The number of aryl methyl sites for hydroxylation is 1. The van der Waals surface area contributed by atoms with E-state index >= 15 is 0 Å². The molecule has 0 unspecified atom stereocenters. The van der Waals surface area contributed by atoms with Crippen molar-refractivity contribution in [1.29, 1.82) is 0 Å². The lowest BCUT2D eigenvalue weighted by Crippen LogP contribution is -2.25. The number of unbranched alkanes of at least 4 members (excludes halogenated alkanes) is 2. The van der Waals surface area contributed by atoms with Gasteiger partial charge in [-0.25, -0.2) is 4.98 Å². The Labute approximate surface area is 198 Å². The first kappa shape index (κ1) is 23.3. The van der Waals surface area contributed by atoms with Crippen LogP contribution in [0.3, 0.4) is 0 Å². The summed E-state index contributed by atoms with van der Waals surface area (Å²) < 4.78 is 5.96. The molecule has 2 aromatic heterocycles. The smallest absolute Gasteiger partial charge is 0.138 e. The van der Waals surface area contributed by atoms with Gasteiger partial charge in [0.05, 0.1) is 6.61 Å². The molecule has 0 saturated heterocycles. The van der Waals surface area contributed by atoms with Gasteiger partial charge in [-0.1, -0.05) is 51.8 Å². The zero-order valence-corrected chi connectivity index (χ0v) is 20.4. The third-order valence-corrected chi connectivity index (χ3v) is 6.52. The molecular weight excluding hydrogens is 406 g/mol. The highest BCUT2D eigenvalue weighted by molar-refractivity contribution is 6.07. The van der Waals surface area contributed by atoms with E-state index in [1.54, 1.807) is 0 Å². The molecule has 174 valence electrons. The van der Waals surface area contributed by atoms with Crippen molar-refractivity contribution in [3.63, 3.8) is 0 Å². The maximum atomic E-state index is 5.96. The van der Waals surface area contributed by atoms with Crippen molar-refractivity contribution in [2.45, 2.75) is 52.9 Å². The second-order valence-corrected chi connectivity index (χ2v) is 8.79. The van der Waals surface area contributed by atoms with Gasteiger partial charge in [0.2, 0.25) is 0 Å². The molecule has 0 fully saturated rings. The predicted octanol–water partition coefficient (Wildman–Crippen LogP) is 7.23. The lowest BCUT2D eigenvalue weighted by atomic mass is 10.0. The van der Waals surface area contributed by atoms with Gasteiger partial charge >= 0.3 is 0 Å². The van der Waals surface area contributed by atoms with Gasteiger partial charge in [0.15, 0.2) is 0 Å². The lowest BCUT2D eigenvalue weighted by molar-refractivity contribution is 0.249. The highest BCUT2D eigenvalue weighted by Gasteiger charge is 2.09. The van der Waals surface area contributed by atoms with E-state index in [4.69, 9.17) is 9.72 Å². The van der Waals surface area contributed by atoms with Crippen LogP contribution in [-0.4, -0.2) is 41.1 Å². The van der Waals surface area contributed by atoms with Gasteiger partial charge < -0.3 is 14.6 Å². The van der Waals surface area contributed by atoms with E-state index in [2.05, 4.69) is 85.3 Å². The van der Waals surface area contributed by atoms with Crippen LogP contribution in [0.1, 0.15) is 52.1 Å². The van der Waals surface area contributed by atoms with E-state index in [1.807, 2.05) is 0 Å². The van der Waals surface area contributed by atoms with E-state index in [0.29, 0.717) is 0 Å². The lowest BCUT2D eigenvalue weighted by Gasteiger charge is -2.17. The zero-order valence-electron chi connectivity index (χ0n) is 20.4. The van der Waals surface area contributed by atoms with Crippen LogP contribution in [0.25, 0.3) is 33.1 Å². The maximum absolute atomic E-state index is 5.96. The molecule has 0 bridgehead atoms. The second-order valence-electron chi connectivity index (χ2n) is 8.79. The average molecular weight is 444 g/mol. The molecule has 0 radical (unpaired) electrons. The van der Waals surface area contributed by atoms with E-state index in [0.717, 1.165) is 56.0 Å². The standard InChI is InChI=1S/C29H37N3O/c1-4-7-8-10-24-14-17-26-27-21-23(13-18-28(27)31-29(26)30-24)22-11-15-25(16-12-22)33-20-9-19-32(5-2)6-3/h11-18,21H,4-10,19-20H2,1-3H3,(H,30,31). The number of benzene rings is 2. The van der Waals surface area contributed by atoms with E-state index in [9.17, 15) is 0 Å². The molecule has 4 nitrogen and oxygen atoms in total. The third-order valence-electron chi connectivity index (χ3n) is 6.52. The SMILES string of the molecule is CCCCCc1ccc2c(n1)[nH]c1ccc(-c3ccc(OCCCN(CC)CC)cc3)cc12. The molecule has 4 heteroatoms. The summed E-state index contributed by atoms with van der Waals surface area (Å²) in [6.45, 7) is 10.7. The quantitative estimate of drug-likeness (QED) is 0.235. The van der Waals surface area contributed by atoms with Crippen molar-refractivity contribution in [3.05, 3.63) is 60.3 Å². The first-order chi connectivity index (χ1) is 16.2. The molecule has 0 aliphatic carbocycles. The number of ether oxygens (including phenoxy) is 1. The molecule has 0 saturated carbocycles. The van der Waals surface area contributed by atoms with Crippen LogP contribution in [-0.2, 0) is 6.42 Å². The summed E-state index contributed by atoms with van der Waals surface area (Å²) in [7, 11) is 0. The summed E-state index contributed by atoms with van der Waals surface area (Å²) in [6, 6.07) is 19.5. The van der Waals surface area contributed by atoms with Crippen LogP contribution in [0.4, 0.5) is 0 Å². The van der Waals surface area contributed by atoms with Gasteiger partial charge in [0.25, 0.3) is 0 Å². The van der Waals surface area contributed by atoms with E-state index in [1.165, 1.54) is 46.9 Å². The molecule has 4 aromatic rings. The molecule has 2 aromatic carbocycles. The summed E-state index contributed by atoms with van der Waals surface area (Å²) in [5, 5.41) is 2.42. The Morgan fingerprint density at radius 2 is 1.61 bits per heavy atom. The first-order valence-corrected chi connectivity index (χ1v) is 12.6. The molecule has 4 rings (SSSR count). The number of hydrogen-bond donors (Lipinski definition) is 1. The molecule has 33 heavy (non-hydrogen) atoms. The molecule has 0 aliphatic rings. The number of pyridine rings is 1. The zero-order chi connectivity index (χ0) is 23.0. The van der Waals surface area contributed by atoms with Crippen LogP contribution < -0.4 is 4.74 Å². The number of H-pyrrole nitrogens is 1. The molecule has 1 N–H and O–H groups in total. The fourth-order valence-corrected chi connectivity index (χ4v) is 4.45. The molecule has 0 aliphatic heterocycles. The van der Waals surface area contributed by atoms with Crippen LogP contribution in [0, 0.1) is 0 Å². The van der Waals surface area contributed by atoms with Crippen molar-refractivity contribution in [3.8, 4) is 16.9 Å². The van der Waals surface area contributed by atoms with E-state index in [-0.39, 0.29) is 0 Å². The summed E-state index contributed by atoms with van der Waals surface area (Å²) in [4.78, 5) is 10.8. The largest absolute Gasteiger partial charge is 0.494 e. The Balaban J connectivity index is 1.45. The van der Waals surface area contributed by atoms with Gasteiger partial charge in [0.1, 0.15) is 11.4 Å². The monoisotopic (exact) mass is 443 g/mol. The van der Waals surface area contributed by atoms with Gasteiger partial charge in [-0.15, -0.1) is 0 Å². The molecule has 0 atom stereocenters. The Morgan fingerprint density at radius 1 is 0.818 bits per heavy atom. The summed E-state index contributed by atoms with van der Waals surface area (Å²) in [5.41, 5.74) is 5.72. The number of aromatic amines is 1. The Bertz CT molecular complexity index is 1160. The van der Waals surface area contributed by atoms with Gasteiger partial charge in [-0.2, -0.15) is 0 Å². The highest BCUT2D eigenvalue weighted by atomic mass is 16.5. The number of aromatic nitrogens is 2. The fraction of sp³-hybridized carbons (Fsp3) is 0.414. The van der Waals surface area contributed by atoms with Crippen LogP contribution >= 0.6 is 0 Å². The summed E-state index contributed by atoms with van der Waals surface area (Å²) in [5.74, 6) is 0.936. The van der Waals surface area contributed by atoms with Gasteiger partial charge in [-0.3, -0.25) is 0 Å².